The third-order valence-corrected chi connectivity index (χ3v) is 4.70. The average molecular weight is 369 g/mol. The first-order valence-corrected chi connectivity index (χ1v) is 8.95. The number of rotatable bonds is 8. The van der Waals surface area contributed by atoms with E-state index in [0.717, 1.165) is 24.3 Å². The van der Waals surface area contributed by atoms with Gasteiger partial charge in [-0.3, -0.25) is 9.59 Å². The molecule has 2 N–H and O–H groups in total. The molecule has 3 rings (SSSR count). The summed E-state index contributed by atoms with van der Waals surface area (Å²) in [4.78, 5) is 23.8. The molecule has 0 aromatic heterocycles. The summed E-state index contributed by atoms with van der Waals surface area (Å²) < 4.78 is 10.6. The van der Waals surface area contributed by atoms with Crippen LogP contribution in [-0.4, -0.2) is 37.2 Å². The second kappa shape index (κ2) is 8.58. The smallest absolute Gasteiger partial charge is 0.311 e. The van der Waals surface area contributed by atoms with Crippen LogP contribution in [0.25, 0.3) is 0 Å². The molecule has 0 bridgehead atoms. The van der Waals surface area contributed by atoms with Crippen LogP contribution >= 0.6 is 0 Å². The van der Waals surface area contributed by atoms with E-state index in [4.69, 9.17) is 9.47 Å². The molecule has 0 saturated heterocycles. The summed E-state index contributed by atoms with van der Waals surface area (Å²) in [5, 5.41) is 12.3. The van der Waals surface area contributed by atoms with Crippen molar-refractivity contribution in [3.8, 4) is 11.5 Å². The normalized spacial score (nSPS) is 13.4. The van der Waals surface area contributed by atoms with E-state index in [1.165, 1.54) is 5.56 Å². The molecule has 0 radical (unpaired) electrons. The van der Waals surface area contributed by atoms with E-state index >= 15 is 0 Å². The van der Waals surface area contributed by atoms with Crippen LogP contribution in [0.2, 0.25) is 0 Å². The second-order valence-electron chi connectivity index (χ2n) is 6.51. The van der Waals surface area contributed by atoms with Crippen molar-refractivity contribution in [2.75, 3.05) is 20.3 Å². The van der Waals surface area contributed by atoms with E-state index in [1.807, 2.05) is 12.1 Å². The molecule has 1 atom stereocenters. The van der Waals surface area contributed by atoms with E-state index in [2.05, 4.69) is 11.4 Å². The molecule has 0 saturated carbocycles. The highest BCUT2D eigenvalue weighted by molar-refractivity contribution is 5.85. The molecule has 142 valence electrons. The Morgan fingerprint density at radius 1 is 1.22 bits per heavy atom. The van der Waals surface area contributed by atoms with Crippen LogP contribution in [0, 0.1) is 0 Å². The maximum absolute atomic E-state index is 12.2. The zero-order valence-electron chi connectivity index (χ0n) is 15.2. The predicted octanol–water partition coefficient (Wildman–Crippen LogP) is 2.55. The number of carboxylic acids is 1. The summed E-state index contributed by atoms with van der Waals surface area (Å²) in [5.74, 6) is -0.624. The van der Waals surface area contributed by atoms with Crippen molar-refractivity contribution in [1.29, 1.82) is 0 Å². The second-order valence-corrected chi connectivity index (χ2v) is 6.51. The van der Waals surface area contributed by atoms with Crippen LogP contribution in [0.15, 0.2) is 42.5 Å². The molecule has 1 heterocycles. The van der Waals surface area contributed by atoms with Crippen LogP contribution in [0.3, 0.4) is 0 Å². The number of ether oxygens (including phenoxy) is 2. The Morgan fingerprint density at radius 3 is 2.70 bits per heavy atom. The molecule has 6 nitrogen and oxygen atoms in total. The lowest BCUT2D eigenvalue weighted by molar-refractivity contribution is -0.140. The molecule has 2 aromatic carbocycles. The first-order chi connectivity index (χ1) is 13.1. The minimum absolute atomic E-state index is 0.102. The fourth-order valence-corrected chi connectivity index (χ4v) is 3.15. The summed E-state index contributed by atoms with van der Waals surface area (Å²) in [5.41, 5.74) is 2.88. The van der Waals surface area contributed by atoms with Crippen LogP contribution in [0.1, 0.15) is 29.0 Å². The summed E-state index contributed by atoms with van der Waals surface area (Å²) in [6, 6.07) is 12.8. The Kier molecular flexibility index (Phi) is 5.96. The third kappa shape index (κ3) is 4.78. The van der Waals surface area contributed by atoms with Gasteiger partial charge in [-0.1, -0.05) is 24.3 Å². The number of nitrogens with one attached hydrogen (secondary N) is 1. The highest BCUT2D eigenvalue weighted by Crippen LogP contribution is 2.26. The van der Waals surface area contributed by atoms with E-state index in [9.17, 15) is 14.7 Å². The van der Waals surface area contributed by atoms with E-state index < -0.39 is 11.9 Å². The summed E-state index contributed by atoms with van der Waals surface area (Å²) in [6.07, 6.45) is 1.51. The average Bonchev–Trinajstić information content (AvgIpc) is 3.14. The fourth-order valence-electron chi connectivity index (χ4n) is 3.15. The summed E-state index contributed by atoms with van der Waals surface area (Å²) >= 11 is 0. The van der Waals surface area contributed by atoms with Gasteiger partial charge in [0.15, 0.2) is 0 Å². The van der Waals surface area contributed by atoms with Gasteiger partial charge in [0.2, 0.25) is 5.91 Å². The number of amides is 1. The molecule has 27 heavy (non-hydrogen) atoms. The summed E-state index contributed by atoms with van der Waals surface area (Å²) in [6.45, 7) is 1.17. The van der Waals surface area contributed by atoms with Crippen LogP contribution in [0.4, 0.5) is 0 Å². The molecule has 0 spiro atoms. The Hall–Kier alpha value is -3.02. The number of aliphatic carboxylic acids is 1. The molecule has 0 aliphatic carbocycles. The Labute approximate surface area is 158 Å². The minimum atomic E-state index is -1.02. The molecule has 1 aliphatic heterocycles. The maximum atomic E-state index is 12.2. The van der Waals surface area contributed by atoms with Gasteiger partial charge in [0, 0.05) is 19.4 Å². The van der Waals surface area contributed by atoms with Crippen molar-refractivity contribution >= 4 is 11.9 Å². The number of methoxy groups -OCH3 is 1. The fraction of sp³-hybridized carbons (Fsp3) is 0.333. The molecule has 1 unspecified atom stereocenters. The van der Waals surface area contributed by atoms with Gasteiger partial charge < -0.3 is 19.9 Å². The number of carbonyl (C=O) groups excluding carboxylic acids is 1. The van der Waals surface area contributed by atoms with Gasteiger partial charge in [-0.15, -0.1) is 0 Å². The van der Waals surface area contributed by atoms with Gasteiger partial charge in [-0.25, -0.2) is 0 Å². The number of carbonyl (C=O) groups is 2. The SMILES string of the molecule is COc1ccc(C(CC(=O)NCCc2ccc3c(c2)OCC3)C(=O)O)cc1. The highest BCUT2D eigenvalue weighted by Gasteiger charge is 2.23. The number of hydrogen-bond acceptors (Lipinski definition) is 4. The van der Waals surface area contributed by atoms with Crippen molar-refractivity contribution < 1.29 is 24.2 Å². The Bertz CT molecular complexity index is 816. The lowest BCUT2D eigenvalue weighted by atomic mass is 9.95. The van der Waals surface area contributed by atoms with Gasteiger partial charge in [0.05, 0.1) is 19.6 Å². The van der Waals surface area contributed by atoms with Gasteiger partial charge in [0.25, 0.3) is 0 Å². The Morgan fingerprint density at radius 2 is 2.00 bits per heavy atom. The molecular formula is C21H23NO5. The predicted molar refractivity (Wildman–Crippen MR) is 100 cm³/mol. The number of carboxylic acid groups (broad SMARTS) is 1. The number of benzene rings is 2. The molecule has 2 aromatic rings. The third-order valence-electron chi connectivity index (χ3n) is 4.70. The van der Waals surface area contributed by atoms with Crippen LogP contribution in [-0.2, 0) is 22.4 Å². The maximum Gasteiger partial charge on any atom is 0.311 e. The standard InChI is InChI=1S/C21H23NO5/c1-26-17-6-4-15(5-7-17)18(21(24)25)13-20(23)22-10-8-14-2-3-16-9-11-27-19(16)12-14/h2-7,12,18H,8-11,13H2,1H3,(H,22,23)(H,24,25). The minimum Gasteiger partial charge on any atom is -0.497 e. The first-order valence-electron chi connectivity index (χ1n) is 8.95. The van der Waals surface area contributed by atoms with Crippen molar-refractivity contribution in [1.82, 2.24) is 5.32 Å². The van der Waals surface area contributed by atoms with Crippen LogP contribution < -0.4 is 14.8 Å². The van der Waals surface area contributed by atoms with Gasteiger partial charge >= 0.3 is 5.97 Å². The number of fused-ring (bicyclic) bond motifs is 1. The molecule has 6 heteroatoms. The van der Waals surface area contributed by atoms with Crippen molar-refractivity contribution in [2.24, 2.45) is 0 Å². The highest BCUT2D eigenvalue weighted by atomic mass is 16.5. The monoisotopic (exact) mass is 369 g/mol. The number of hydrogen-bond donors (Lipinski definition) is 2. The zero-order valence-corrected chi connectivity index (χ0v) is 15.2. The van der Waals surface area contributed by atoms with Crippen LogP contribution in [0.5, 0.6) is 11.5 Å². The molecule has 1 aliphatic rings. The van der Waals surface area contributed by atoms with E-state index in [1.54, 1.807) is 31.4 Å². The van der Waals surface area contributed by atoms with E-state index in [0.29, 0.717) is 24.3 Å². The first kappa shape index (κ1) is 18.8. The molecule has 0 fully saturated rings. The topological polar surface area (TPSA) is 84.9 Å². The van der Waals surface area contributed by atoms with Crippen molar-refractivity contribution in [3.05, 3.63) is 59.2 Å². The van der Waals surface area contributed by atoms with Gasteiger partial charge in [0.1, 0.15) is 11.5 Å². The quantitative estimate of drug-likeness (QED) is 0.747. The van der Waals surface area contributed by atoms with Crippen molar-refractivity contribution in [3.63, 3.8) is 0 Å². The Balaban J connectivity index is 1.52. The van der Waals surface area contributed by atoms with Gasteiger partial charge in [-0.2, -0.15) is 0 Å². The summed E-state index contributed by atoms with van der Waals surface area (Å²) in [7, 11) is 1.55. The molecular weight excluding hydrogens is 346 g/mol. The lowest BCUT2D eigenvalue weighted by Gasteiger charge is -2.13. The van der Waals surface area contributed by atoms with E-state index in [-0.39, 0.29) is 12.3 Å². The largest absolute Gasteiger partial charge is 0.497 e. The lowest BCUT2D eigenvalue weighted by Crippen LogP contribution is -2.29. The van der Waals surface area contributed by atoms with Gasteiger partial charge in [-0.05, 0) is 41.3 Å². The van der Waals surface area contributed by atoms with Crippen molar-refractivity contribution in [2.45, 2.75) is 25.2 Å². The zero-order chi connectivity index (χ0) is 19.2. The molecule has 1 amide bonds.